The number of likely N-dealkylation sites (N-methyl/N-ethyl adjacent to an activating group) is 1. The van der Waals surface area contributed by atoms with Crippen LogP contribution < -0.4 is 0 Å². The lowest BCUT2D eigenvalue weighted by molar-refractivity contribution is 0.151. The summed E-state index contributed by atoms with van der Waals surface area (Å²) in [6.45, 7) is 2.55. The van der Waals surface area contributed by atoms with Crippen molar-refractivity contribution < 1.29 is 17.5 Å². The van der Waals surface area contributed by atoms with E-state index in [2.05, 4.69) is 4.90 Å². The van der Waals surface area contributed by atoms with E-state index in [0.29, 0.717) is 19.7 Å². The fraction of sp³-hybridized carbons (Fsp3) is 0.625. The third kappa shape index (κ3) is 4.97. The van der Waals surface area contributed by atoms with Gasteiger partial charge in [-0.05, 0) is 26.0 Å². The van der Waals surface area contributed by atoms with Crippen LogP contribution in [0.3, 0.4) is 0 Å². The highest BCUT2D eigenvalue weighted by molar-refractivity contribution is 7.88. The molecule has 0 aromatic heterocycles. The maximum absolute atomic E-state index is 13.7. The van der Waals surface area contributed by atoms with Crippen molar-refractivity contribution in [2.45, 2.75) is 24.6 Å². The molecule has 0 unspecified atom stereocenters. The maximum atomic E-state index is 13.7. The van der Waals surface area contributed by atoms with Crippen molar-refractivity contribution in [3.63, 3.8) is 0 Å². The van der Waals surface area contributed by atoms with Crippen LogP contribution in [0.5, 0.6) is 0 Å². The van der Waals surface area contributed by atoms with Crippen molar-refractivity contribution in [3.8, 4) is 0 Å². The van der Waals surface area contributed by atoms with E-state index < -0.39 is 15.8 Å². The Morgan fingerprint density at radius 1 is 1.39 bits per heavy atom. The highest BCUT2D eigenvalue weighted by Gasteiger charge is 2.35. The van der Waals surface area contributed by atoms with E-state index in [4.69, 9.17) is 4.74 Å². The molecule has 1 fully saturated rings. The van der Waals surface area contributed by atoms with Crippen molar-refractivity contribution in [3.05, 3.63) is 35.6 Å². The molecule has 5 nitrogen and oxygen atoms in total. The van der Waals surface area contributed by atoms with Crippen LogP contribution in [-0.2, 0) is 20.5 Å². The Morgan fingerprint density at radius 3 is 2.83 bits per heavy atom. The molecule has 130 valence electrons. The van der Waals surface area contributed by atoms with Crippen LogP contribution in [0.4, 0.5) is 4.39 Å². The van der Waals surface area contributed by atoms with E-state index in [9.17, 15) is 12.8 Å². The molecule has 1 aliphatic heterocycles. The van der Waals surface area contributed by atoms with Gasteiger partial charge in [-0.3, -0.25) is 0 Å². The number of rotatable bonds is 8. The van der Waals surface area contributed by atoms with Gasteiger partial charge in [0.15, 0.2) is 0 Å². The number of nitrogens with zero attached hydrogens (tertiary/aromatic N) is 2. The van der Waals surface area contributed by atoms with E-state index >= 15 is 0 Å². The largest absolute Gasteiger partial charge is 0.383 e. The minimum absolute atomic E-state index is 0.0476. The van der Waals surface area contributed by atoms with Gasteiger partial charge in [-0.1, -0.05) is 18.2 Å². The minimum atomic E-state index is -3.52. The number of hydrogen-bond donors (Lipinski definition) is 0. The van der Waals surface area contributed by atoms with Gasteiger partial charge in [-0.15, -0.1) is 0 Å². The number of benzene rings is 1. The summed E-state index contributed by atoms with van der Waals surface area (Å²) in [5.74, 6) is -0.748. The van der Waals surface area contributed by atoms with Crippen molar-refractivity contribution in [1.82, 2.24) is 9.21 Å². The normalized spacial score (nSPS) is 19.6. The zero-order valence-electron chi connectivity index (χ0n) is 13.7. The third-order valence-electron chi connectivity index (χ3n) is 4.18. The lowest BCUT2D eigenvalue weighted by Gasteiger charge is -2.28. The first-order valence-corrected chi connectivity index (χ1v) is 9.45. The molecular formula is C16H25FN2O3S. The van der Waals surface area contributed by atoms with Gasteiger partial charge in [0.05, 0.1) is 12.4 Å². The van der Waals surface area contributed by atoms with Gasteiger partial charge in [-0.2, -0.15) is 4.31 Å². The molecule has 0 radical (unpaired) electrons. The summed E-state index contributed by atoms with van der Waals surface area (Å²) >= 11 is 0. The number of ether oxygens (including phenoxy) is 1. The van der Waals surface area contributed by atoms with Crippen LogP contribution in [0.25, 0.3) is 0 Å². The molecule has 7 heteroatoms. The van der Waals surface area contributed by atoms with Crippen molar-refractivity contribution >= 4 is 10.0 Å². The Bertz CT molecular complexity index is 609. The van der Waals surface area contributed by atoms with Gasteiger partial charge < -0.3 is 9.64 Å². The number of methoxy groups -OCH3 is 1. The van der Waals surface area contributed by atoms with Gasteiger partial charge in [-0.25, -0.2) is 12.8 Å². The van der Waals surface area contributed by atoms with Crippen LogP contribution in [0.2, 0.25) is 0 Å². The van der Waals surface area contributed by atoms with Crippen molar-refractivity contribution in [1.29, 1.82) is 0 Å². The Morgan fingerprint density at radius 2 is 2.13 bits per heavy atom. The van der Waals surface area contributed by atoms with Gasteiger partial charge >= 0.3 is 0 Å². The van der Waals surface area contributed by atoms with Gasteiger partial charge in [0.1, 0.15) is 5.82 Å². The maximum Gasteiger partial charge on any atom is 0.218 e. The van der Waals surface area contributed by atoms with Crippen LogP contribution in [0.1, 0.15) is 18.4 Å². The van der Waals surface area contributed by atoms with Crippen molar-refractivity contribution in [2.75, 3.05) is 40.4 Å². The molecule has 1 heterocycles. The average molecular weight is 344 g/mol. The van der Waals surface area contributed by atoms with Crippen molar-refractivity contribution in [2.24, 2.45) is 0 Å². The van der Waals surface area contributed by atoms with E-state index in [0.717, 1.165) is 19.4 Å². The highest BCUT2D eigenvalue weighted by atomic mass is 32.2. The summed E-state index contributed by atoms with van der Waals surface area (Å²) < 4.78 is 45.7. The highest BCUT2D eigenvalue weighted by Crippen LogP contribution is 2.24. The number of sulfonamides is 1. The first-order chi connectivity index (χ1) is 10.9. The third-order valence-corrected chi connectivity index (χ3v) is 6.05. The molecule has 0 aliphatic carbocycles. The molecule has 1 aliphatic rings. The predicted molar refractivity (Wildman–Crippen MR) is 88.1 cm³/mol. The second kappa shape index (κ2) is 8.19. The summed E-state index contributed by atoms with van der Waals surface area (Å²) in [6.07, 6.45) is 1.69. The number of hydrogen-bond acceptors (Lipinski definition) is 4. The van der Waals surface area contributed by atoms with E-state index in [-0.39, 0.29) is 17.4 Å². The quantitative estimate of drug-likeness (QED) is 0.720. The van der Waals surface area contributed by atoms with E-state index in [1.54, 1.807) is 23.5 Å². The zero-order valence-corrected chi connectivity index (χ0v) is 14.6. The second-order valence-corrected chi connectivity index (χ2v) is 7.93. The molecule has 1 aromatic carbocycles. The second-order valence-electron chi connectivity index (χ2n) is 6.01. The predicted octanol–water partition coefficient (Wildman–Crippen LogP) is 1.70. The molecule has 0 bridgehead atoms. The molecule has 0 amide bonds. The van der Waals surface area contributed by atoms with Crippen LogP contribution in [0, 0.1) is 5.82 Å². The summed E-state index contributed by atoms with van der Waals surface area (Å²) in [4.78, 5) is 2.07. The molecule has 1 saturated heterocycles. The summed E-state index contributed by atoms with van der Waals surface area (Å²) in [5, 5.41) is 0. The summed E-state index contributed by atoms with van der Waals surface area (Å²) in [7, 11) is 0.0893. The van der Waals surface area contributed by atoms with Gasteiger partial charge in [0.25, 0.3) is 0 Å². The zero-order chi connectivity index (χ0) is 16.9. The lowest BCUT2D eigenvalue weighted by Crippen LogP contribution is -2.43. The minimum Gasteiger partial charge on any atom is -0.383 e. The van der Waals surface area contributed by atoms with E-state index in [1.165, 1.54) is 12.1 Å². The molecule has 0 saturated carbocycles. The molecule has 0 N–H and O–H groups in total. The SMILES string of the molecule is COCCN(C)C[C@H]1CCCN1S(=O)(=O)Cc1ccccc1F. The van der Waals surface area contributed by atoms with Gasteiger partial charge in [0.2, 0.25) is 10.0 Å². The monoisotopic (exact) mass is 344 g/mol. The van der Waals surface area contributed by atoms with Crippen LogP contribution in [0.15, 0.2) is 24.3 Å². The average Bonchev–Trinajstić information content (AvgIpc) is 2.96. The topological polar surface area (TPSA) is 49.9 Å². The summed E-state index contributed by atoms with van der Waals surface area (Å²) in [6, 6.07) is 6.00. The Balaban J connectivity index is 2.04. The summed E-state index contributed by atoms with van der Waals surface area (Å²) in [5.41, 5.74) is 0.228. The molecule has 2 rings (SSSR count). The molecule has 0 spiro atoms. The Hall–Kier alpha value is -1.02. The molecule has 23 heavy (non-hydrogen) atoms. The smallest absolute Gasteiger partial charge is 0.218 e. The Labute approximate surface area is 138 Å². The van der Waals surface area contributed by atoms with E-state index in [1.807, 2.05) is 7.05 Å². The molecular weight excluding hydrogens is 319 g/mol. The van der Waals surface area contributed by atoms with Gasteiger partial charge in [0, 0.05) is 38.3 Å². The standard InChI is InChI=1S/C16H25FN2O3S/c1-18(10-11-22-2)12-15-7-5-9-19(15)23(20,21)13-14-6-3-4-8-16(14)17/h3-4,6,8,15H,5,7,9-13H2,1-2H3/t15-/m1/s1. The Kier molecular flexibility index (Phi) is 6.52. The van der Waals surface area contributed by atoms with Crippen LogP contribution in [-0.4, -0.2) is 64.1 Å². The first-order valence-electron chi connectivity index (χ1n) is 7.84. The number of halogens is 1. The molecule has 1 atom stereocenters. The van der Waals surface area contributed by atoms with Crippen LogP contribution >= 0.6 is 0 Å². The lowest BCUT2D eigenvalue weighted by atomic mass is 10.2. The fourth-order valence-corrected chi connectivity index (χ4v) is 4.78. The fourth-order valence-electron chi connectivity index (χ4n) is 2.95. The first kappa shape index (κ1) is 18.3. The molecule has 1 aromatic rings.